The van der Waals surface area contributed by atoms with E-state index in [4.69, 9.17) is 5.73 Å². The first-order valence-electron chi connectivity index (χ1n) is 6.79. The minimum Gasteiger partial charge on any atom is -0.403 e. The van der Waals surface area contributed by atoms with Crippen LogP contribution < -0.4 is 10.5 Å². The Kier molecular flexibility index (Phi) is 7.01. The Bertz CT molecular complexity index is 652. The lowest BCUT2D eigenvalue weighted by Gasteiger charge is -2.20. The summed E-state index contributed by atoms with van der Waals surface area (Å²) in [5.74, 6) is -2.13. The van der Waals surface area contributed by atoms with Gasteiger partial charge in [0.15, 0.2) is 11.6 Å². The van der Waals surface area contributed by atoms with Crippen LogP contribution in [0, 0.1) is 5.82 Å². The van der Waals surface area contributed by atoms with Crippen molar-refractivity contribution >= 4 is 12.4 Å². The van der Waals surface area contributed by atoms with Crippen LogP contribution in [0.25, 0.3) is 0 Å². The topological polar surface area (TPSA) is 55.5 Å². The Morgan fingerprint density at radius 3 is 2.25 bits per heavy atom. The maximum Gasteiger partial charge on any atom is 0.573 e. The standard InChI is InChI=1S/C16H15F4NO2.ClH/c17-12-9-11(6-7-14(12)23-16(18,19)20)15(21)13(22)8-10-4-2-1-3-5-10;/h1-7,9,13,15,22H,8,21H2;1H/t13-,15+;/m0./s1. The predicted molar refractivity (Wildman–Crippen MR) is 83.4 cm³/mol. The Hall–Kier alpha value is -1.83. The molecule has 0 bridgehead atoms. The lowest BCUT2D eigenvalue weighted by molar-refractivity contribution is -0.275. The largest absolute Gasteiger partial charge is 0.573 e. The molecule has 0 saturated heterocycles. The molecule has 0 radical (unpaired) electrons. The average molecular weight is 366 g/mol. The van der Waals surface area contributed by atoms with Crippen molar-refractivity contribution in [2.24, 2.45) is 5.73 Å². The molecule has 0 spiro atoms. The fraction of sp³-hybridized carbons (Fsp3) is 0.250. The van der Waals surface area contributed by atoms with Crippen LogP contribution in [-0.4, -0.2) is 17.6 Å². The molecule has 0 fully saturated rings. The van der Waals surface area contributed by atoms with Crippen molar-refractivity contribution < 1.29 is 27.4 Å². The van der Waals surface area contributed by atoms with Gasteiger partial charge >= 0.3 is 6.36 Å². The Morgan fingerprint density at radius 2 is 1.71 bits per heavy atom. The van der Waals surface area contributed by atoms with E-state index in [0.717, 1.165) is 17.7 Å². The van der Waals surface area contributed by atoms with Crippen LogP contribution >= 0.6 is 12.4 Å². The molecule has 0 amide bonds. The van der Waals surface area contributed by atoms with Gasteiger partial charge in [0, 0.05) is 6.42 Å². The predicted octanol–water partition coefficient (Wildman–Crippen LogP) is 3.75. The zero-order valence-electron chi connectivity index (χ0n) is 12.3. The summed E-state index contributed by atoms with van der Waals surface area (Å²) in [7, 11) is 0. The SMILES string of the molecule is Cl.N[C@H](c1ccc(OC(F)(F)F)c(F)c1)[C@@H](O)Cc1ccccc1. The fourth-order valence-corrected chi connectivity index (χ4v) is 2.14. The first-order chi connectivity index (χ1) is 10.8. The molecule has 2 atom stereocenters. The van der Waals surface area contributed by atoms with Crippen LogP contribution in [0.3, 0.4) is 0 Å². The number of hydrogen-bond acceptors (Lipinski definition) is 3. The van der Waals surface area contributed by atoms with Crippen molar-refractivity contribution in [3.05, 3.63) is 65.5 Å². The maximum atomic E-state index is 13.7. The van der Waals surface area contributed by atoms with E-state index < -0.39 is 30.1 Å². The monoisotopic (exact) mass is 365 g/mol. The van der Waals surface area contributed by atoms with Crippen LogP contribution in [0.2, 0.25) is 0 Å². The van der Waals surface area contributed by atoms with E-state index in [9.17, 15) is 22.7 Å². The third-order valence-electron chi connectivity index (χ3n) is 3.27. The first-order valence-corrected chi connectivity index (χ1v) is 6.79. The van der Waals surface area contributed by atoms with Crippen LogP contribution in [-0.2, 0) is 6.42 Å². The molecule has 2 rings (SSSR count). The van der Waals surface area contributed by atoms with Crippen molar-refractivity contribution in [3.8, 4) is 5.75 Å². The second-order valence-electron chi connectivity index (χ2n) is 5.02. The number of hydrogen-bond donors (Lipinski definition) is 2. The lowest BCUT2D eigenvalue weighted by Crippen LogP contribution is -2.28. The molecule has 0 aromatic heterocycles. The highest BCUT2D eigenvalue weighted by molar-refractivity contribution is 5.85. The number of rotatable bonds is 5. The highest BCUT2D eigenvalue weighted by Crippen LogP contribution is 2.28. The van der Waals surface area contributed by atoms with E-state index in [1.807, 2.05) is 6.07 Å². The summed E-state index contributed by atoms with van der Waals surface area (Å²) in [6, 6.07) is 11.0. The number of halogens is 5. The van der Waals surface area contributed by atoms with E-state index in [2.05, 4.69) is 4.74 Å². The fourth-order valence-electron chi connectivity index (χ4n) is 2.14. The van der Waals surface area contributed by atoms with Crippen molar-refractivity contribution in [3.63, 3.8) is 0 Å². The summed E-state index contributed by atoms with van der Waals surface area (Å²) in [6.07, 6.45) is -5.74. The second kappa shape index (κ2) is 8.32. The van der Waals surface area contributed by atoms with E-state index in [1.165, 1.54) is 6.07 Å². The molecule has 2 aromatic rings. The molecule has 132 valence electrons. The normalized spacial score (nSPS) is 13.8. The van der Waals surface area contributed by atoms with Crippen molar-refractivity contribution in [1.82, 2.24) is 0 Å². The maximum absolute atomic E-state index is 13.7. The van der Waals surface area contributed by atoms with Crippen LogP contribution in [0.15, 0.2) is 48.5 Å². The van der Waals surface area contributed by atoms with Crippen molar-refractivity contribution in [2.75, 3.05) is 0 Å². The molecule has 3 nitrogen and oxygen atoms in total. The van der Waals surface area contributed by atoms with Gasteiger partial charge < -0.3 is 15.6 Å². The summed E-state index contributed by atoms with van der Waals surface area (Å²) in [4.78, 5) is 0. The molecule has 24 heavy (non-hydrogen) atoms. The van der Waals surface area contributed by atoms with Gasteiger partial charge in [-0.3, -0.25) is 0 Å². The molecular formula is C16H16ClF4NO2. The number of alkyl halides is 3. The minimum atomic E-state index is -4.97. The van der Waals surface area contributed by atoms with E-state index in [1.54, 1.807) is 24.3 Å². The molecule has 8 heteroatoms. The molecule has 3 N–H and O–H groups in total. The first kappa shape index (κ1) is 20.2. The highest BCUT2D eigenvalue weighted by Gasteiger charge is 2.32. The number of benzene rings is 2. The zero-order chi connectivity index (χ0) is 17.0. The Balaban J connectivity index is 0.00000288. The number of nitrogens with two attached hydrogens (primary N) is 1. The molecule has 0 saturated carbocycles. The van der Waals surface area contributed by atoms with E-state index in [-0.39, 0.29) is 24.4 Å². The third kappa shape index (κ3) is 5.67. The molecule has 0 aliphatic carbocycles. The summed E-state index contributed by atoms with van der Waals surface area (Å²) in [5.41, 5.74) is 6.87. The number of aliphatic hydroxyl groups excluding tert-OH is 1. The lowest BCUT2D eigenvalue weighted by atomic mass is 9.97. The molecule has 0 aliphatic heterocycles. The summed E-state index contributed by atoms with van der Waals surface area (Å²) in [6.45, 7) is 0. The van der Waals surface area contributed by atoms with Gasteiger partial charge in [-0.2, -0.15) is 0 Å². The molecular weight excluding hydrogens is 350 g/mol. The van der Waals surface area contributed by atoms with Crippen LogP contribution in [0.5, 0.6) is 5.75 Å². The molecule has 0 heterocycles. The molecule has 0 aliphatic rings. The molecule has 0 unspecified atom stereocenters. The van der Waals surface area contributed by atoms with Gasteiger partial charge in [-0.1, -0.05) is 36.4 Å². The summed E-state index contributed by atoms with van der Waals surface area (Å²) < 4.78 is 53.5. The summed E-state index contributed by atoms with van der Waals surface area (Å²) in [5, 5.41) is 10.1. The van der Waals surface area contributed by atoms with Gasteiger partial charge in [0.05, 0.1) is 12.1 Å². The van der Waals surface area contributed by atoms with Gasteiger partial charge in [0.2, 0.25) is 0 Å². The van der Waals surface area contributed by atoms with Crippen LogP contribution in [0.1, 0.15) is 17.2 Å². The van der Waals surface area contributed by atoms with Gasteiger partial charge in [-0.05, 0) is 23.3 Å². The van der Waals surface area contributed by atoms with Gasteiger partial charge in [0.1, 0.15) is 0 Å². The molecule has 2 aromatic carbocycles. The van der Waals surface area contributed by atoms with Gasteiger partial charge in [-0.15, -0.1) is 25.6 Å². The average Bonchev–Trinajstić information content (AvgIpc) is 2.48. The second-order valence-corrected chi connectivity index (χ2v) is 5.02. The quantitative estimate of drug-likeness (QED) is 0.793. The van der Waals surface area contributed by atoms with Gasteiger partial charge in [0.25, 0.3) is 0 Å². The van der Waals surface area contributed by atoms with Crippen molar-refractivity contribution in [2.45, 2.75) is 24.9 Å². The Morgan fingerprint density at radius 1 is 1.08 bits per heavy atom. The van der Waals surface area contributed by atoms with Crippen LogP contribution in [0.4, 0.5) is 17.6 Å². The summed E-state index contributed by atoms with van der Waals surface area (Å²) >= 11 is 0. The highest BCUT2D eigenvalue weighted by atomic mass is 35.5. The smallest absolute Gasteiger partial charge is 0.403 e. The van der Waals surface area contributed by atoms with E-state index in [0.29, 0.717) is 0 Å². The third-order valence-corrected chi connectivity index (χ3v) is 3.27. The Labute approximate surface area is 142 Å². The zero-order valence-corrected chi connectivity index (χ0v) is 13.2. The van der Waals surface area contributed by atoms with Crippen molar-refractivity contribution in [1.29, 1.82) is 0 Å². The number of aliphatic hydroxyl groups is 1. The van der Waals surface area contributed by atoms with E-state index >= 15 is 0 Å². The van der Waals surface area contributed by atoms with Gasteiger partial charge in [-0.25, -0.2) is 4.39 Å². The minimum absolute atomic E-state index is 0. The number of ether oxygens (including phenoxy) is 1.